The van der Waals surface area contributed by atoms with Crippen molar-refractivity contribution in [2.75, 3.05) is 18.9 Å². The molecule has 0 spiro atoms. The van der Waals surface area contributed by atoms with E-state index in [0.717, 1.165) is 11.3 Å². The standard InChI is InChI=1S/C14H17ClN6O/c1-8-12(13(15)20(3)19-8)14(22)21-5-4-10-9(7-21)6-11(16-2)18-17-10/h6H,4-5,7H2,1-3H3,(H,16,18). The van der Waals surface area contributed by atoms with Crippen LogP contribution in [0.2, 0.25) is 5.15 Å². The largest absolute Gasteiger partial charge is 0.372 e. The zero-order valence-electron chi connectivity index (χ0n) is 12.7. The highest BCUT2D eigenvalue weighted by atomic mass is 35.5. The summed E-state index contributed by atoms with van der Waals surface area (Å²) in [4.78, 5) is 14.5. The van der Waals surface area contributed by atoms with Gasteiger partial charge in [0.2, 0.25) is 0 Å². The maximum absolute atomic E-state index is 12.8. The van der Waals surface area contributed by atoms with Gasteiger partial charge >= 0.3 is 0 Å². The van der Waals surface area contributed by atoms with Crippen LogP contribution in [0.3, 0.4) is 0 Å². The molecule has 0 saturated heterocycles. The van der Waals surface area contributed by atoms with E-state index >= 15 is 0 Å². The Morgan fingerprint density at radius 2 is 2.18 bits per heavy atom. The van der Waals surface area contributed by atoms with Crippen LogP contribution in [0.4, 0.5) is 5.82 Å². The number of hydrogen-bond acceptors (Lipinski definition) is 5. The molecule has 0 aliphatic carbocycles. The summed E-state index contributed by atoms with van der Waals surface area (Å²) in [6, 6.07) is 1.93. The van der Waals surface area contributed by atoms with Crippen molar-refractivity contribution in [1.29, 1.82) is 0 Å². The Morgan fingerprint density at radius 1 is 1.41 bits per heavy atom. The molecule has 0 fully saturated rings. The van der Waals surface area contributed by atoms with Crippen molar-refractivity contribution in [2.24, 2.45) is 7.05 Å². The highest BCUT2D eigenvalue weighted by Gasteiger charge is 2.27. The first-order valence-corrected chi connectivity index (χ1v) is 7.40. The Bertz CT molecular complexity index is 741. The van der Waals surface area contributed by atoms with Gasteiger partial charge in [-0.25, -0.2) is 0 Å². The van der Waals surface area contributed by atoms with Crippen molar-refractivity contribution in [3.05, 3.63) is 33.7 Å². The topological polar surface area (TPSA) is 75.9 Å². The summed E-state index contributed by atoms with van der Waals surface area (Å²) in [5.74, 6) is 0.604. The van der Waals surface area contributed by atoms with E-state index in [-0.39, 0.29) is 5.91 Å². The second-order valence-electron chi connectivity index (χ2n) is 5.30. The Kier molecular flexibility index (Phi) is 3.74. The van der Waals surface area contributed by atoms with Crippen LogP contribution in [0.1, 0.15) is 27.3 Å². The molecule has 7 nitrogen and oxygen atoms in total. The Labute approximate surface area is 133 Å². The number of amides is 1. The summed E-state index contributed by atoms with van der Waals surface area (Å²) in [6.45, 7) is 2.90. The van der Waals surface area contributed by atoms with Crippen molar-refractivity contribution in [3.63, 3.8) is 0 Å². The van der Waals surface area contributed by atoms with E-state index in [1.165, 1.54) is 4.68 Å². The van der Waals surface area contributed by atoms with E-state index in [1.807, 2.05) is 6.07 Å². The molecule has 1 aliphatic heterocycles. The van der Waals surface area contributed by atoms with Gasteiger partial charge in [-0.05, 0) is 18.6 Å². The molecule has 3 heterocycles. The number of nitrogens with one attached hydrogen (secondary N) is 1. The van der Waals surface area contributed by atoms with E-state index in [1.54, 1.807) is 25.9 Å². The molecule has 0 atom stereocenters. The van der Waals surface area contributed by atoms with Crippen LogP contribution in [0.25, 0.3) is 0 Å². The Hall–Kier alpha value is -2.15. The number of rotatable bonds is 2. The van der Waals surface area contributed by atoms with Crippen LogP contribution in [0.15, 0.2) is 6.07 Å². The maximum Gasteiger partial charge on any atom is 0.259 e. The minimum absolute atomic E-state index is 0.0935. The third-order valence-corrected chi connectivity index (χ3v) is 4.28. The fraction of sp³-hybridized carbons (Fsp3) is 0.429. The summed E-state index contributed by atoms with van der Waals surface area (Å²) in [5, 5.41) is 15.8. The minimum Gasteiger partial charge on any atom is -0.372 e. The smallest absolute Gasteiger partial charge is 0.259 e. The number of carbonyl (C=O) groups excluding carboxylic acids is 1. The van der Waals surface area contributed by atoms with Gasteiger partial charge in [0.05, 0.1) is 17.0 Å². The van der Waals surface area contributed by atoms with Gasteiger partial charge in [-0.3, -0.25) is 9.48 Å². The molecule has 1 amide bonds. The first-order valence-electron chi connectivity index (χ1n) is 7.03. The van der Waals surface area contributed by atoms with Crippen LogP contribution in [0.5, 0.6) is 0 Å². The van der Waals surface area contributed by atoms with Crippen LogP contribution >= 0.6 is 11.6 Å². The van der Waals surface area contributed by atoms with Crippen LogP contribution in [-0.2, 0) is 20.0 Å². The lowest BCUT2D eigenvalue weighted by Crippen LogP contribution is -2.36. The number of nitrogens with zero attached hydrogens (tertiary/aromatic N) is 5. The molecule has 0 unspecified atom stereocenters. The number of hydrogen-bond donors (Lipinski definition) is 1. The maximum atomic E-state index is 12.8. The van der Waals surface area contributed by atoms with Gasteiger partial charge in [-0.2, -0.15) is 10.2 Å². The summed E-state index contributed by atoms with van der Waals surface area (Å²) in [5.41, 5.74) is 3.07. The van der Waals surface area contributed by atoms with E-state index in [2.05, 4.69) is 20.6 Å². The first-order chi connectivity index (χ1) is 10.5. The Morgan fingerprint density at radius 3 is 2.82 bits per heavy atom. The molecule has 0 saturated carbocycles. The van der Waals surface area contributed by atoms with Crippen molar-refractivity contribution in [1.82, 2.24) is 24.9 Å². The van der Waals surface area contributed by atoms with Crippen molar-refractivity contribution >= 4 is 23.3 Å². The molecule has 1 aliphatic rings. The van der Waals surface area contributed by atoms with Crippen molar-refractivity contribution in [3.8, 4) is 0 Å². The molecule has 8 heteroatoms. The monoisotopic (exact) mass is 320 g/mol. The molecule has 1 N–H and O–H groups in total. The number of anilines is 1. The quantitative estimate of drug-likeness (QED) is 0.905. The lowest BCUT2D eigenvalue weighted by molar-refractivity contribution is 0.0732. The highest BCUT2D eigenvalue weighted by Crippen LogP contribution is 2.24. The van der Waals surface area contributed by atoms with Gasteiger partial charge in [0, 0.05) is 33.6 Å². The van der Waals surface area contributed by atoms with Crippen molar-refractivity contribution < 1.29 is 4.79 Å². The summed E-state index contributed by atoms with van der Waals surface area (Å²) >= 11 is 6.20. The molecule has 0 aromatic carbocycles. The van der Waals surface area contributed by atoms with Gasteiger partial charge in [0.1, 0.15) is 11.0 Å². The molecule has 2 aromatic heterocycles. The SMILES string of the molecule is CNc1cc2c(nn1)CCN(C(=O)c1c(C)nn(C)c1Cl)C2. The fourth-order valence-electron chi connectivity index (χ4n) is 2.66. The number of aromatic nitrogens is 4. The normalized spacial score (nSPS) is 13.9. The molecule has 22 heavy (non-hydrogen) atoms. The van der Waals surface area contributed by atoms with Gasteiger partial charge < -0.3 is 10.2 Å². The van der Waals surface area contributed by atoms with Gasteiger partial charge in [0.25, 0.3) is 5.91 Å². The summed E-state index contributed by atoms with van der Waals surface area (Å²) in [7, 11) is 3.52. The minimum atomic E-state index is -0.0935. The van der Waals surface area contributed by atoms with E-state index in [4.69, 9.17) is 11.6 Å². The number of carbonyl (C=O) groups is 1. The predicted molar refractivity (Wildman–Crippen MR) is 83.0 cm³/mol. The van der Waals surface area contributed by atoms with Gasteiger partial charge in [0.15, 0.2) is 0 Å². The van der Waals surface area contributed by atoms with Crippen LogP contribution in [-0.4, -0.2) is 44.4 Å². The predicted octanol–water partition coefficient (Wildman–Crippen LogP) is 1.41. The number of aryl methyl sites for hydroxylation is 2. The lowest BCUT2D eigenvalue weighted by atomic mass is 10.1. The van der Waals surface area contributed by atoms with Crippen LogP contribution < -0.4 is 5.32 Å². The molecule has 0 radical (unpaired) electrons. The average Bonchev–Trinajstić information content (AvgIpc) is 2.78. The lowest BCUT2D eigenvalue weighted by Gasteiger charge is -2.28. The van der Waals surface area contributed by atoms with E-state index in [0.29, 0.717) is 41.7 Å². The van der Waals surface area contributed by atoms with Crippen molar-refractivity contribution in [2.45, 2.75) is 19.9 Å². The second kappa shape index (κ2) is 5.57. The molecule has 0 bridgehead atoms. The molecular weight excluding hydrogens is 304 g/mol. The third kappa shape index (κ3) is 2.41. The average molecular weight is 321 g/mol. The highest BCUT2D eigenvalue weighted by molar-refractivity contribution is 6.33. The zero-order chi connectivity index (χ0) is 15.9. The number of halogens is 1. The summed E-state index contributed by atoms with van der Waals surface area (Å²) < 4.78 is 1.52. The van der Waals surface area contributed by atoms with Gasteiger partial charge in [-0.15, -0.1) is 5.10 Å². The first kappa shape index (κ1) is 14.8. The van der Waals surface area contributed by atoms with Crippen LogP contribution in [0, 0.1) is 6.92 Å². The second-order valence-corrected chi connectivity index (χ2v) is 5.66. The zero-order valence-corrected chi connectivity index (χ0v) is 13.5. The Balaban J connectivity index is 1.89. The molecule has 3 rings (SSSR count). The van der Waals surface area contributed by atoms with E-state index < -0.39 is 0 Å². The van der Waals surface area contributed by atoms with Gasteiger partial charge in [-0.1, -0.05) is 11.6 Å². The van der Waals surface area contributed by atoms with E-state index in [9.17, 15) is 4.79 Å². The number of fused-ring (bicyclic) bond motifs is 1. The molecule has 2 aromatic rings. The third-order valence-electron chi connectivity index (χ3n) is 3.85. The molecule has 116 valence electrons. The summed E-state index contributed by atoms with van der Waals surface area (Å²) in [6.07, 6.45) is 0.689. The fourth-order valence-corrected chi connectivity index (χ4v) is 2.91. The molecular formula is C14H17ClN6O.